The van der Waals surface area contributed by atoms with E-state index in [9.17, 15) is 4.39 Å². The number of nitrogens with zero attached hydrogens (tertiary/aromatic N) is 1. The van der Waals surface area contributed by atoms with Gasteiger partial charge in [-0.1, -0.05) is 11.6 Å². The van der Waals surface area contributed by atoms with E-state index >= 15 is 0 Å². The van der Waals surface area contributed by atoms with Crippen molar-refractivity contribution in [3.05, 3.63) is 47.0 Å². The Morgan fingerprint density at radius 2 is 2.06 bits per heavy atom. The first-order chi connectivity index (χ1) is 7.59. The molecule has 0 unspecified atom stereocenters. The number of benzene rings is 1. The highest BCUT2D eigenvalue weighted by Crippen LogP contribution is 2.33. The summed E-state index contributed by atoms with van der Waals surface area (Å²) in [5.74, 6) is -0.405. The minimum absolute atomic E-state index is 0.221. The number of rotatable bonds is 1. The van der Waals surface area contributed by atoms with Crippen LogP contribution >= 0.6 is 11.6 Å². The second kappa shape index (κ2) is 4.10. The van der Waals surface area contributed by atoms with E-state index in [0.29, 0.717) is 11.3 Å². The lowest BCUT2D eigenvalue weighted by atomic mass is 10.0. The molecule has 4 heteroatoms. The first-order valence-corrected chi connectivity index (χ1v) is 5.13. The van der Waals surface area contributed by atoms with Gasteiger partial charge in [0.15, 0.2) is 0 Å². The molecule has 2 N–H and O–H groups in total. The third-order valence-corrected chi connectivity index (χ3v) is 2.74. The molecule has 0 fully saturated rings. The van der Waals surface area contributed by atoms with Crippen molar-refractivity contribution in [2.24, 2.45) is 0 Å². The molecule has 0 spiro atoms. The Labute approximate surface area is 97.9 Å². The molecule has 0 radical (unpaired) electrons. The van der Waals surface area contributed by atoms with Gasteiger partial charge in [0.25, 0.3) is 0 Å². The molecule has 2 nitrogen and oxygen atoms in total. The highest BCUT2D eigenvalue weighted by Gasteiger charge is 2.10. The Morgan fingerprint density at radius 1 is 1.31 bits per heavy atom. The molecule has 1 aromatic carbocycles. The van der Waals surface area contributed by atoms with E-state index in [0.717, 1.165) is 11.1 Å². The number of hydrogen-bond acceptors (Lipinski definition) is 2. The number of hydrogen-bond donors (Lipinski definition) is 1. The molecule has 82 valence electrons. The van der Waals surface area contributed by atoms with Crippen LogP contribution in [0.5, 0.6) is 0 Å². The lowest BCUT2D eigenvalue weighted by molar-refractivity contribution is 0.628. The standard InChI is InChI=1S/C12H10ClFN2/c1-7-2-3-16-6-10(7)9-4-8(14)5-11(13)12(9)15/h2-6H,15H2,1H3. The summed E-state index contributed by atoms with van der Waals surface area (Å²) in [6, 6.07) is 4.41. The summed E-state index contributed by atoms with van der Waals surface area (Å²) < 4.78 is 13.3. The van der Waals surface area contributed by atoms with Gasteiger partial charge in [-0.15, -0.1) is 0 Å². The molecule has 0 aliphatic heterocycles. The van der Waals surface area contributed by atoms with Crippen LogP contribution in [-0.2, 0) is 0 Å². The quantitative estimate of drug-likeness (QED) is 0.771. The Hall–Kier alpha value is -1.61. The van der Waals surface area contributed by atoms with Crippen molar-refractivity contribution in [3.8, 4) is 11.1 Å². The predicted molar refractivity (Wildman–Crippen MR) is 63.8 cm³/mol. The fourth-order valence-electron chi connectivity index (χ4n) is 1.55. The second-order valence-electron chi connectivity index (χ2n) is 3.54. The lowest BCUT2D eigenvalue weighted by Gasteiger charge is -2.09. The zero-order chi connectivity index (χ0) is 11.7. The van der Waals surface area contributed by atoms with E-state index in [1.54, 1.807) is 12.4 Å². The highest BCUT2D eigenvalue weighted by molar-refractivity contribution is 6.33. The van der Waals surface area contributed by atoms with Gasteiger partial charge in [-0.3, -0.25) is 4.98 Å². The molecule has 1 heterocycles. The summed E-state index contributed by atoms with van der Waals surface area (Å²) in [6.07, 6.45) is 3.33. The van der Waals surface area contributed by atoms with Crippen LogP contribution < -0.4 is 5.73 Å². The largest absolute Gasteiger partial charge is 0.397 e. The number of pyridine rings is 1. The van der Waals surface area contributed by atoms with Crippen LogP contribution in [0.4, 0.5) is 10.1 Å². The molecule has 1 aromatic heterocycles. The van der Waals surface area contributed by atoms with Crippen LogP contribution in [0.2, 0.25) is 5.02 Å². The fraction of sp³-hybridized carbons (Fsp3) is 0.0833. The molecule has 2 rings (SSSR count). The van der Waals surface area contributed by atoms with Crippen LogP contribution in [0, 0.1) is 12.7 Å². The molecule has 0 atom stereocenters. The lowest BCUT2D eigenvalue weighted by Crippen LogP contribution is -1.95. The van der Waals surface area contributed by atoms with Crippen molar-refractivity contribution in [2.45, 2.75) is 6.92 Å². The van der Waals surface area contributed by atoms with Gasteiger partial charge < -0.3 is 5.73 Å². The Morgan fingerprint density at radius 3 is 2.75 bits per heavy atom. The maximum absolute atomic E-state index is 13.3. The van der Waals surface area contributed by atoms with Crippen molar-refractivity contribution in [3.63, 3.8) is 0 Å². The van der Waals surface area contributed by atoms with E-state index in [1.165, 1.54) is 12.1 Å². The third kappa shape index (κ3) is 1.86. The molecule has 2 aromatic rings. The van der Waals surface area contributed by atoms with Gasteiger partial charge in [0.05, 0.1) is 10.7 Å². The Bertz CT molecular complexity index is 541. The topological polar surface area (TPSA) is 38.9 Å². The summed E-state index contributed by atoms with van der Waals surface area (Å²) >= 11 is 5.84. The van der Waals surface area contributed by atoms with E-state index in [2.05, 4.69) is 4.98 Å². The number of nitrogen functional groups attached to an aromatic ring is 1. The number of anilines is 1. The van der Waals surface area contributed by atoms with Crippen LogP contribution in [0.15, 0.2) is 30.6 Å². The van der Waals surface area contributed by atoms with Gasteiger partial charge >= 0.3 is 0 Å². The molecule has 0 aliphatic carbocycles. The fourth-order valence-corrected chi connectivity index (χ4v) is 1.76. The molecule has 0 bridgehead atoms. The summed E-state index contributed by atoms with van der Waals surface area (Å²) in [5, 5.41) is 0.221. The molecule has 0 saturated heterocycles. The van der Waals surface area contributed by atoms with Crippen LogP contribution in [-0.4, -0.2) is 4.98 Å². The number of halogens is 2. The van der Waals surface area contributed by atoms with Gasteiger partial charge in [-0.2, -0.15) is 0 Å². The summed E-state index contributed by atoms with van der Waals surface area (Å²) in [6.45, 7) is 1.91. The van der Waals surface area contributed by atoms with Crippen molar-refractivity contribution < 1.29 is 4.39 Å². The Balaban J connectivity index is 2.69. The number of aryl methyl sites for hydroxylation is 1. The predicted octanol–water partition coefficient (Wildman–Crippen LogP) is 3.43. The van der Waals surface area contributed by atoms with E-state index in [4.69, 9.17) is 17.3 Å². The monoisotopic (exact) mass is 236 g/mol. The van der Waals surface area contributed by atoms with E-state index in [1.807, 2.05) is 13.0 Å². The van der Waals surface area contributed by atoms with Crippen LogP contribution in [0.25, 0.3) is 11.1 Å². The maximum atomic E-state index is 13.3. The number of nitrogens with two attached hydrogens (primary N) is 1. The molecule has 16 heavy (non-hydrogen) atoms. The van der Waals surface area contributed by atoms with Gasteiger partial charge in [-0.05, 0) is 30.7 Å². The van der Waals surface area contributed by atoms with Crippen molar-refractivity contribution in [2.75, 3.05) is 5.73 Å². The smallest absolute Gasteiger partial charge is 0.125 e. The zero-order valence-electron chi connectivity index (χ0n) is 8.67. The molecule has 0 amide bonds. The summed E-state index contributed by atoms with van der Waals surface area (Å²) in [4.78, 5) is 4.00. The van der Waals surface area contributed by atoms with Crippen LogP contribution in [0.1, 0.15) is 5.56 Å². The van der Waals surface area contributed by atoms with Gasteiger partial charge in [0.1, 0.15) is 5.82 Å². The average molecular weight is 237 g/mol. The van der Waals surface area contributed by atoms with Gasteiger partial charge in [0, 0.05) is 23.5 Å². The second-order valence-corrected chi connectivity index (χ2v) is 3.95. The van der Waals surface area contributed by atoms with Crippen molar-refractivity contribution in [1.82, 2.24) is 4.98 Å². The minimum atomic E-state index is -0.405. The SMILES string of the molecule is Cc1ccncc1-c1cc(F)cc(Cl)c1N. The van der Waals surface area contributed by atoms with Crippen LogP contribution in [0.3, 0.4) is 0 Å². The molecule has 0 aliphatic rings. The zero-order valence-corrected chi connectivity index (χ0v) is 9.42. The molecule has 0 saturated carbocycles. The highest BCUT2D eigenvalue weighted by atomic mass is 35.5. The maximum Gasteiger partial charge on any atom is 0.125 e. The molecular formula is C12H10ClFN2. The summed E-state index contributed by atoms with van der Waals surface area (Å²) in [5.41, 5.74) is 8.55. The normalized spacial score (nSPS) is 10.4. The number of aromatic nitrogens is 1. The summed E-state index contributed by atoms with van der Waals surface area (Å²) in [7, 11) is 0. The minimum Gasteiger partial charge on any atom is -0.397 e. The first kappa shape index (κ1) is 10.9. The van der Waals surface area contributed by atoms with Gasteiger partial charge in [0.2, 0.25) is 0 Å². The Kier molecular flexibility index (Phi) is 2.79. The van der Waals surface area contributed by atoms with E-state index < -0.39 is 5.82 Å². The average Bonchev–Trinajstić information content (AvgIpc) is 2.24. The van der Waals surface area contributed by atoms with Crippen molar-refractivity contribution >= 4 is 17.3 Å². The first-order valence-electron chi connectivity index (χ1n) is 4.75. The molecular weight excluding hydrogens is 227 g/mol. The van der Waals surface area contributed by atoms with Crippen molar-refractivity contribution in [1.29, 1.82) is 0 Å². The van der Waals surface area contributed by atoms with E-state index in [-0.39, 0.29) is 5.02 Å². The van der Waals surface area contributed by atoms with Gasteiger partial charge in [-0.25, -0.2) is 4.39 Å². The third-order valence-electron chi connectivity index (χ3n) is 2.42.